The normalized spacial score (nSPS) is 13.8. The molecule has 1 rings (SSSR count). The van der Waals surface area contributed by atoms with E-state index in [-0.39, 0.29) is 24.2 Å². The first kappa shape index (κ1) is 14.3. The fourth-order valence-electron chi connectivity index (χ4n) is 0.889. The molecule has 1 heterocycles. The predicted octanol–water partition coefficient (Wildman–Crippen LogP) is 0.919. The highest BCUT2D eigenvalue weighted by Crippen LogP contribution is 1.99. The Kier molecular flexibility index (Phi) is 5.79. The first-order valence-electron chi connectivity index (χ1n) is 4.46. The summed E-state index contributed by atoms with van der Waals surface area (Å²) in [6, 6.07) is -0.503. The third kappa shape index (κ3) is 3.77. The van der Waals surface area contributed by atoms with Gasteiger partial charge in [-0.1, -0.05) is 13.8 Å². The third-order valence-corrected chi connectivity index (χ3v) is 2.82. The van der Waals surface area contributed by atoms with Crippen LogP contribution in [0.2, 0.25) is 0 Å². The van der Waals surface area contributed by atoms with E-state index in [0.717, 1.165) is 0 Å². The van der Waals surface area contributed by atoms with Crippen molar-refractivity contribution in [3.05, 3.63) is 16.4 Å². The molecule has 0 fully saturated rings. The first-order chi connectivity index (χ1) is 6.52. The van der Waals surface area contributed by atoms with E-state index >= 15 is 0 Å². The first-order valence-corrected chi connectivity index (χ1v) is 5.34. The Bertz CT molecular complexity index is 383. The van der Waals surface area contributed by atoms with Gasteiger partial charge in [-0.15, -0.1) is 23.7 Å². The highest BCUT2D eigenvalue weighted by atomic mass is 35.5. The van der Waals surface area contributed by atoms with Crippen molar-refractivity contribution in [2.24, 2.45) is 23.7 Å². The van der Waals surface area contributed by atoms with Crippen molar-refractivity contribution in [1.82, 2.24) is 4.57 Å². The molecular formula is C9H16ClN3OS. The van der Waals surface area contributed by atoms with Gasteiger partial charge in [-0.05, 0) is 5.92 Å². The molecule has 1 aromatic rings. The lowest BCUT2D eigenvalue weighted by Gasteiger charge is -2.09. The fraction of sp³-hybridized carbons (Fsp3) is 0.556. The molecule has 0 saturated carbocycles. The number of thiazole rings is 1. The van der Waals surface area contributed by atoms with Gasteiger partial charge in [0.15, 0.2) is 4.80 Å². The Hall–Kier alpha value is -0.650. The lowest BCUT2D eigenvalue weighted by atomic mass is 10.1. The second kappa shape index (κ2) is 6.05. The van der Waals surface area contributed by atoms with Crippen LogP contribution in [0, 0.1) is 5.92 Å². The second-order valence-corrected chi connectivity index (χ2v) is 4.39. The number of amides is 1. The van der Waals surface area contributed by atoms with Gasteiger partial charge in [-0.2, -0.15) is 4.99 Å². The molecule has 0 aliphatic heterocycles. The molecule has 0 saturated heterocycles. The molecule has 2 N–H and O–H groups in total. The van der Waals surface area contributed by atoms with Crippen LogP contribution >= 0.6 is 23.7 Å². The Balaban J connectivity index is 0.00000196. The number of aryl methyl sites for hydroxylation is 1. The molecule has 0 bridgehead atoms. The van der Waals surface area contributed by atoms with E-state index in [0.29, 0.717) is 4.80 Å². The van der Waals surface area contributed by atoms with Gasteiger partial charge in [-0.3, -0.25) is 4.79 Å². The predicted molar refractivity (Wildman–Crippen MR) is 63.9 cm³/mol. The van der Waals surface area contributed by atoms with Crippen molar-refractivity contribution in [3.63, 3.8) is 0 Å². The Morgan fingerprint density at radius 1 is 1.60 bits per heavy atom. The molecule has 1 aromatic heterocycles. The molecule has 0 aliphatic carbocycles. The lowest BCUT2D eigenvalue weighted by molar-refractivity contribution is -0.120. The monoisotopic (exact) mass is 249 g/mol. The van der Waals surface area contributed by atoms with Crippen LogP contribution in [0.3, 0.4) is 0 Å². The smallest absolute Gasteiger partial charge is 0.265 e. The molecule has 0 radical (unpaired) electrons. The van der Waals surface area contributed by atoms with Crippen LogP contribution < -0.4 is 10.5 Å². The van der Waals surface area contributed by atoms with Crippen LogP contribution in [-0.4, -0.2) is 16.5 Å². The van der Waals surface area contributed by atoms with E-state index in [2.05, 4.69) is 4.99 Å². The molecule has 6 heteroatoms. The van der Waals surface area contributed by atoms with Crippen molar-refractivity contribution in [2.45, 2.75) is 19.9 Å². The second-order valence-electron chi connectivity index (χ2n) is 3.52. The highest BCUT2D eigenvalue weighted by Gasteiger charge is 2.16. The van der Waals surface area contributed by atoms with E-state index < -0.39 is 6.04 Å². The van der Waals surface area contributed by atoms with Crippen LogP contribution in [0.25, 0.3) is 0 Å². The summed E-state index contributed by atoms with van der Waals surface area (Å²) in [5.41, 5.74) is 5.68. The number of hydrogen-bond donors (Lipinski definition) is 1. The zero-order valence-corrected chi connectivity index (χ0v) is 10.6. The summed E-state index contributed by atoms with van der Waals surface area (Å²) >= 11 is 1.43. The molecule has 0 aliphatic rings. The van der Waals surface area contributed by atoms with Crippen molar-refractivity contribution >= 4 is 29.7 Å². The van der Waals surface area contributed by atoms with E-state index in [1.165, 1.54) is 11.3 Å². The van der Waals surface area contributed by atoms with Crippen LogP contribution in [0.5, 0.6) is 0 Å². The number of carbonyl (C=O) groups excluding carboxylic acids is 1. The van der Waals surface area contributed by atoms with Gasteiger partial charge in [0.25, 0.3) is 5.91 Å². The Labute approximate surface area is 99.2 Å². The molecule has 15 heavy (non-hydrogen) atoms. The number of rotatable bonds is 2. The SMILES string of the molecule is CC(C)[C@@H](N)C(=O)N=c1sccn1C.Cl. The number of nitrogens with two attached hydrogens (primary N) is 1. The molecule has 1 atom stereocenters. The molecular weight excluding hydrogens is 234 g/mol. The zero-order valence-electron chi connectivity index (χ0n) is 9.01. The number of carbonyl (C=O) groups is 1. The van der Waals surface area contributed by atoms with Crippen molar-refractivity contribution in [1.29, 1.82) is 0 Å². The maximum absolute atomic E-state index is 11.5. The summed E-state index contributed by atoms with van der Waals surface area (Å²) in [7, 11) is 1.85. The van der Waals surface area contributed by atoms with Gasteiger partial charge in [0.1, 0.15) is 0 Å². The van der Waals surface area contributed by atoms with Gasteiger partial charge < -0.3 is 10.3 Å². The number of aromatic nitrogens is 1. The minimum atomic E-state index is -0.503. The third-order valence-electron chi connectivity index (χ3n) is 1.97. The minimum Gasteiger partial charge on any atom is -0.327 e. The van der Waals surface area contributed by atoms with Gasteiger partial charge >= 0.3 is 0 Å². The number of hydrogen-bond acceptors (Lipinski definition) is 3. The van der Waals surface area contributed by atoms with Gasteiger partial charge in [0, 0.05) is 18.6 Å². The topological polar surface area (TPSA) is 60.4 Å². The summed E-state index contributed by atoms with van der Waals surface area (Å²) in [5, 5.41) is 1.88. The summed E-state index contributed by atoms with van der Waals surface area (Å²) in [4.78, 5) is 16.1. The maximum Gasteiger partial charge on any atom is 0.265 e. The standard InChI is InChI=1S/C9H15N3OS.ClH/c1-6(2)7(10)8(13)11-9-12(3)4-5-14-9;/h4-7H,10H2,1-3H3;1H/t7-;/m1./s1. The number of halogens is 1. The van der Waals surface area contributed by atoms with Crippen molar-refractivity contribution < 1.29 is 4.79 Å². The lowest BCUT2D eigenvalue weighted by Crippen LogP contribution is -2.35. The highest BCUT2D eigenvalue weighted by molar-refractivity contribution is 7.07. The Morgan fingerprint density at radius 2 is 2.20 bits per heavy atom. The van der Waals surface area contributed by atoms with Crippen LogP contribution in [0.15, 0.2) is 16.6 Å². The van der Waals surface area contributed by atoms with E-state index in [1.54, 1.807) is 4.57 Å². The van der Waals surface area contributed by atoms with E-state index in [1.807, 2.05) is 32.5 Å². The van der Waals surface area contributed by atoms with E-state index in [9.17, 15) is 4.79 Å². The molecule has 0 unspecified atom stereocenters. The molecule has 0 spiro atoms. The van der Waals surface area contributed by atoms with Crippen LogP contribution in [0.4, 0.5) is 0 Å². The minimum absolute atomic E-state index is 0. The summed E-state index contributed by atoms with van der Waals surface area (Å²) in [5.74, 6) is -0.130. The fourth-order valence-corrected chi connectivity index (χ4v) is 1.62. The summed E-state index contributed by atoms with van der Waals surface area (Å²) < 4.78 is 1.80. The zero-order chi connectivity index (χ0) is 10.7. The van der Waals surface area contributed by atoms with Gasteiger partial charge in [0.05, 0.1) is 6.04 Å². The van der Waals surface area contributed by atoms with Crippen molar-refractivity contribution in [2.75, 3.05) is 0 Å². The molecule has 0 aromatic carbocycles. The molecule has 4 nitrogen and oxygen atoms in total. The van der Waals surface area contributed by atoms with Crippen molar-refractivity contribution in [3.8, 4) is 0 Å². The van der Waals surface area contributed by atoms with Gasteiger partial charge in [-0.25, -0.2) is 0 Å². The molecule has 1 amide bonds. The summed E-state index contributed by atoms with van der Waals surface area (Å²) in [6.45, 7) is 3.82. The maximum atomic E-state index is 11.5. The van der Waals surface area contributed by atoms with Gasteiger partial charge in [0.2, 0.25) is 0 Å². The molecule has 86 valence electrons. The summed E-state index contributed by atoms with van der Waals surface area (Å²) in [6.07, 6.45) is 1.86. The largest absolute Gasteiger partial charge is 0.327 e. The van der Waals surface area contributed by atoms with Crippen LogP contribution in [-0.2, 0) is 11.8 Å². The Morgan fingerprint density at radius 3 is 2.60 bits per heavy atom. The van der Waals surface area contributed by atoms with Crippen LogP contribution in [0.1, 0.15) is 13.8 Å². The average molecular weight is 250 g/mol. The van der Waals surface area contributed by atoms with E-state index in [4.69, 9.17) is 5.73 Å². The number of nitrogens with zero attached hydrogens (tertiary/aromatic N) is 2. The average Bonchev–Trinajstić information content (AvgIpc) is 2.50. The quantitative estimate of drug-likeness (QED) is 0.847.